The van der Waals surface area contributed by atoms with Crippen LogP contribution >= 0.6 is 11.6 Å². The van der Waals surface area contributed by atoms with Crippen molar-refractivity contribution in [1.82, 2.24) is 4.90 Å². The van der Waals surface area contributed by atoms with Crippen LogP contribution < -0.4 is 0 Å². The monoisotopic (exact) mass is 321 g/mol. The van der Waals surface area contributed by atoms with Gasteiger partial charge in [-0.2, -0.15) is 0 Å². The molecule has 1 fully saturated rings. The summed E-state index contributed by atoms with van der Waals surface area (Å²) in [5.74, 6) is -0.435. The number of amides is 1. The average molecular weight is 322 g/mol. The van der Waals surface area contributed by atoms with Crippen molar-refractivity contribution in [2.45, 2.75) is 44.1 Å². The third kappa shape index (κ3) is 3.88. The molecule has 0 aromatic heterocycles. The molecule has 1 amide bonds. The predicted molar refractivity (Wildman–Crippen MR) is 80.9 cm³/mol. The second-order valence-corrected chi connectivity index (χ2v) is 12.2. The van der Waals surface area contributed by atoms with E-state index < -0.39 is 25.7 Å². The second kappa shape index (κ2) is 6.80. The van der Waals surface area contributed by atoms with Crippen LogP contribution in [0.1, 0.15) is 12.8 Å². The molecule has 0 bridgehead atoms. The topological polar surface area (TPSA) is 55.8 Å². The van der Waals surface area contributed by atoms with Crippen molar-refractivity contribution in [3.8, 4) is 0 Å². The van der Waals surface area contributed by atoms with Crippen molar-refractivity contribution < 1.29 is 19.1 Å². The molecular formula is C13H24ClNO4Si. The van der Waals surface area contributed by atoms with E-state index >= 15 is 0 Å². The number of carbonyl (C=O) groups is 2. The Bertz CT molecular complexity index is 372. The zero-order valence-corrected chi connectivity index (χ0v) is 14.5. The Kier molecular flexibility index (Phi) is 5.88. The minimum absolute atomic E-state index is 0.0305. The fourth-order valence-electron chi connectivity index (χ4n) is 2.26. The summed E-state index contributed by atoms with van der Waals surface area (Å²) in [6, 6.07) is 0.901. The summed E-state index contributed by atoms with van der Waals surface area (Å²) < 4.78 is 10.1. The third-order valence-electron chi connectivity index (χ3n) is 3.57. The smallest absolute Gasteiger partial charge is 0.410 e. The maximum atomic E-state index is 12.2. The molecule has 1 aliphatic heterocycles. The first kappa shape index (κ1) is 17.3. The Morgan fingerprint density at radius 3 is 2.50 bits per heavy atom. The van der Waals surface area contributed by atoms with E-state index in [2.05, 4.69) is 19.6 Å². The number of esters is 1. The van der Waals surface area contributed by atoms with Gasteiger partial charge >= 0.3 is 12.1 Å². The Morgan fingerprint density at radius 2 is 2.00 bits per heavy atom. The zero-order chi connectivity index (χ0) is 15.4. The number of hydrogen-bond donors (Lipinski definition) is 0. The molecule has 0 spiro atoms. The van der Waals surface area contributed by atoms with Crippen LogP contribution in [0, 0.1) is 0 Å². The van der Waals surface area contributed by atoms with Crippen LogP contribution in [0.3, 0.4) is 0 Å². The van der Waals surface area contributed by atoms with E-state index in [0.29, 0.717) is 19.6 Å². The number of halogens is 1. The van der Waals surface area contributed by atoms with Gasteiger partial charge in [-0.1, -0.05) is 19.6 Å². The van der Waals surface area contributed by atoms with Gasteiger partial charge in [0.05, 0.1) is 19.6 Å². The zero-order valence-electron chi connectivity index (χ0n) is 12.7. The van der Waals surface area contributed by atoms with Gasteiger partial charge < -0.3 is 9.47 Å². The molecule has 1 saturated heterocycles. The Balaban J connectivity index is 2.68. The molecular weight excluding hydrogens is 298 g/mol. The first-order valence-corrected chi connectivity index (χ1v) is 11.1. The summed E-state index contributed by atoms with van der Waals surface area (Å²) in [6.45, 7) is 7.52. The lowest BCUT2D eigenvalue weighted by Gasteiger charge is -2.33. The van der Waals surface area contributed by atoms with E-state index in [4.69, 9.17) is 21.1 Å². The molecule has 0 aliphatic carbocycles. The lowest BCUT2D eigenvalue weighted by molar-refractivity contribution is -0.151. The minimum Gasteiger partial charge on any atom is -0.467 e. The minimum atomic E-state index is -1.25. The molecule has 5 nitrogen and oxygen atoms in total. The number of ether oxygens (including phenoxy) is 2. The summed E-state index contributed by atoms with van der Waals surface area (Å²) in [6.07, 6.45) is 0.781. The van der Waals surface area contributed by atoms with Gasteiger partial charge in [0, 0.05) is 14.6 Å². The maximum Gasteiger partial charge on any atom is 0.410 e. The number of likely N-dealkylation sites (tertiary alicyclic amines) is 1. The van der Waals surface area contributed by atoms with Crippen molar-refractivity contribution in [2.75, 3.05) is 26.1 Å². The molecule has 7 heteroatoms. The van der Waals surface area contributed by atoms with E-state index in [0.717, 1.165) is 12.5 Å². The van der Waals surface area contributed by atoms with E-state index in [1.54, 1.807) is 0 Å². The molecule has 1 rings (SSSR count). The van der Waals surface area contributed by atoms with Crippen LogP contribution in [-0.4, -0.2) is 56.7 Å². The molecule has 0 aromatic carbocycles. The quantitative estimate of drug-likeness (QED) is 0.444. The molecule has 0 N–H and O–H groups in total. The summed E-state index contributed by atoms with van der Waals surface area (Å²) in [5.41, 5.74) is -1.06. The van der Waals surface area contributed by atoms with Gasteiger partial charge in [0.25, 0.3) is 0 Å². The summed E-state index contributed by atoms with van der Waals surface area (Å²) in [7, 11) is 0.0595. The summed E-state index contributed by atoms with van der Waals surface area (Å²) in [4.78, 5) is 25.6. The normalized spacial score (nSPS) is 22.8. The molecule has 0 radical (unpaired) electrons. The number of carbonyl (C=O) groups excluding carboxylic acids is 2. The van der Waals surface area contributed by atoms with Gasteiger partial charge in [-0.05, 0) is 18.9 Å². The molecule has 116 valence electrons. The highest BCUT2D eigenvalue weighted by Gasteiger charge is 2.51. The van der Waals surface area contributed by atoms with Gasteiger partial charge in [0.1, 0.15) is 0 Å². The SMILES string of the molecule is COC(=O)C1(CCl)CCCN1C(=O)OCC[Si](C)(C)C. The third-order valence-corrected chi connectivity index (χ3v) is 5.72. The number of methoxy groups -OCH3 is 1. The van der Waals surface area contributed by atoms with Gasteiger partial charge in [0.15, 0.2) is 5.54 Å². The molecule has 0 aromatic rings. The molecule has 1 atom stereocenters. The van der Waals surface area contributed by atoms with Crippen molar-refractivity contribution in [2.24, 2.45) is 0 Å². The van der Waals surface area contributed by atoms with Crippen molar-refractivity contribution in [3.63, 3.8) is 0 Å². The highest BCUT2D eigenvalue weighted by molar-refractivity contribution is 6.76. The lowest BCUT2D eigenvalue weighted by Crippen LogP contribution is -2.55. The van der Waals surface area contributed by atoms with Gasteiger partial charge in [-0.15, -0.1) is 11.6 Å². The first-order valence-electron chi connectivity index (χ1n) is 6.85. The fraction of sp³-hybridized carbons (Fsp3) is 0.846. The Hall–Kier alpha value is -0.753. The van der Waals surface area contributed by atoms with Crippen molar-refractivity contribution in [1.29, 1.82) is 0 Å². The Morgan fingerprint density at radius 1 is 1.35 bits per heavy atom. The molecule has 0 saturated carbocycles. The predicted octanol–water partition coefficient (Wildman–Crippen LogP) is 2.71. The van der Waals surface area contributed by atoms with E-state index in [9.17, 15) is 9.59 Å². The van der Waals surface area contributed by atoms with Gasteiger partial charge in [0.2, 0.25) is 0 Å². The average Bonchev–Trinajstić information content (AvgIpc) is 2.81. The highest BCUT2D eigenvalue weighted by Crippen LogP contribution is 2.32. The number of alkyl halides is 1. The number of rotatable bonds is 5. The largest absolute Gasteiger partial charge is 0.467 e. The molecule has 1 heterocycles. The van der Waals surface area contributed by atoms with Crippen LogP contribution in [-0.2, 0) is 14.3 Å². The standard InChI is InChI=1S/C13H24ClNO4Si/c1-18-11(16)13(10-14)6-5-7-15(13)12(17)19-8-9-20(2,3)4/h5-10H2,1-4H3. The summed E-state index contributed by atoms with van der Waals surface area (Å²) in [5, 5.41) is 0. The van der Waals surface area contributed by atoms with E-state index in [1.807, 2.05) is 0 Å². The van der Waals surface area contributed by atoms with E-state index in [1.165, 1.54) is 12.0 Å². The van der Waals surface area contributed by atoms with Crippen LogP contribution in [0.5, 0.6) is 0 Å². The Labute approximate surface area is 126 Å². The maximum absolute atomic E-state index is 12.2. The van der Waals surface area contributed by atoms with Crippen LogP contribution in [0.25, 0.3) is 0 Å². The van der Waals surface area contributed by atoms with E-state index in [-0.39, 0.29) is 5.88 Å². The molecule has 1 aliphatic rings. The van der Waals surface area contributed by atoms with Crippen LogP contribution in [0.15, 0.2) is 0 Å². The van der Waals surface area contributed by atoms with Gasteiger partial charge in [-0.25, -0.2) is 9.59 Å². The van der Waals surface area contributed by atoms with Crippen LogP contribution in [0.4, 0.5) is 4.79 Å². The molecule has 1 unspecified atom stereocenters. The highest BCUT2D eigenvalue weighted by atomic mass is 35.5. The van der Waals surface area contributed by atoms with Crippen molar-refractivity contribution in [3.05, 3.63) is 0 Å². The van der Waals surface area contributed by atoms with Crippen molar-refractivity contribution >= 4 is 31.7 Å². The number of hydrogen-bond acceptors (Lipinski definition) is 4. The van der Waals surface area contributed by atoms with Gasteiger partial charge in [-0.3, -0.25) is 4.90 Å². The lowest BCUT2D eigenvalue weighted by atomic mass is 9.99. The second-order valence-electron chi connectivity index (χ2n) is 6.34. The first-order chi connectivity index (χ1) is 9.27. The van der Waals surface area contributed by atoms with Crippen LogP contribution in [0.2, 0.25) is 25.7 Å². The fourth-order valence-corrected chi connectivity index (χ4v) is 3.36. The molecule has 20 heavy (non-hydrogen) atoms. The summed E-state index contributed by atoms with van der Waals surface area (Å²) >= 11 is 5.94. The number of nitrogens with zero attached hydrogens (tertiary/aromatic N) is 1.